The molecule has 1 aromatic heterocycles. The topological polar surface area (TPSA) is 48.4 Å². The van der Waals surface area contributed by atoms with Gasteiger partial charge in [0, 0.05) is 37.6 Å². The van der Waals surface area contributed by atoms with Gasteiger partial charge in [0.15, 0.2) is 0 Å². The van der Waals surface area contributed by atoms with Gasteiger partial charge in [-0.2, -0.15) is 0 Å². The van der Waals surface area contributed by atoms with Gasteiger partial charge in [0.1, 0.15) is 0 Å². The lowest BCUT2D eigenvalue weighted by atomic mass is 10.0. The predicted molar refractivity (Wildman–Crippen MR) is 99.1 cm³/mol. The van der Waals surface area contributed by atoms with Gasteiger partial charge in [0.2, 0.25) is 0 Å². The van der Waals surface area contributed by atoms with Gasteiger partial charge in [-0.1, -0.05) is 24.3 Å². The summed E-state index contributed by atoms with van der Waals surface area (Å²) in [6, 6.07) is 8.67. The number of aromatic nitrogens is 1. The largest absolute Gasteiger partial charge is 0.393 e. The van der Waals surface area contributed by atoms with Gasteiger partial charge in [-0.3, -0.25) is 4.90 Å². The zero-order chi connectivity index (χ0) is 16.9. The minimum Gasteiger partial charge on any atom is -0.393 e. The number of piperidine rings is 1. The molecule has 0 spiro atoms. The van der Waals surface area contributed by atoms with Crippen LogP contribution in [-0.4, -0.2) is 34.2 Å². The molecule has 3 rings (SSSR count). The van der Waals surface area contributed by atoms with Gasteiger partial charge in [-0.05, 0) is 37.8 Å². The molecule has 0 atom stereocenters. The van der Waals surface area contributed by atoms with E-state index < -0.39 is 0 Å². The van der Waals surface area contributed by atoms with Gasteiger partial charge in [0.05, 0.1) is 16.8 Å². The van der Waals surface area contributed by atoms with Crippen molar-refractivity contribution in [3.63, 3.8) is 0 Å². The third-order valence-electron chi connectivity index (χ3n) is 4.67. The molecule has 1 aliphatic heterocycles. The first kappa shape index (κ1) is 17.5. The van der Waals surface area contributed by atoms with E-state index >= 15 is 0 Å². The zero-order valence-electron chi connectivity index (χ0n) is 14.6. The SMILES string of the molecule is Cc1nc(C)c(CNCc2ccccc2CN2CCC(O)CC2)s1. The summed E-state index contributed by atoms with van der Waals surface area (Å²) in [5, 5.41) is 14.4. The smallest absolute Gasteiger partial charge is 0.0900 e. The molecule has 0 amide bonds. The first-order valence-corrected chi connectivity index (χ1v) is 9.54. The maximum Gasteiger partial charge on any atom is 0.0900 e. The predicted octanol–water partition coefficient (Wildman–Crippen LogP) is 3.01. The number of nitrogens with one attached hydrogen (secondary N) is 1. The molecule has 1 fully saturated rings. The maximum atomic E-state index is 9.66. The Balaban J connectivity index is 1.56. The van der Waals surface area contributed by atoms with E-state index in [9.17, 15) is 5.11 Å². The summed E-state index contributed by atoms with van der Waals surface area (Å²) in [6.07, 6.45) is 1.68. The second-order valence-corrected chi connectivity index (χ2v) is 7.91. The van der Waals surface area contributed by atoms with Crippen LogP contribution in [0.3, 0.4) is 0 Å². The van der Waals surface area contributed by atoms with E-state index in [1.165, 1.54) is 16.0 Å². The number of aliphatic hydroxyl groups is 1. The van der Waals surface area contributed by atoms with Crippen molar-refractivity contribution < 1.29 is 5.11 Å². The van der Waals surface area contributed by atoms with Crippen molar-refractivity contribution in [1.82, 2.24) is 15.2 Å². The van der Waals surface area contributed by atoms with Crippen LogP contribution in [0, 0.1) is 13.8 Å². The number of hydrogen-bond acceptors (Lipinski definition) is 5. The van der Waals surface area contributed by atoms with Crippen molar-refractivity contribution in [1.29, 1.82) is 0 Å². The number of nitrogens with zero attached hydrogens (tertiary/aromatic N) is 2. The van der Waals surface area contributed by atoms with Crippen LogP contribution in [0.5, 0.6) is 0 Å². The number of aliphatic hydroxyl groups excluding tert-OH is 1. The van der Waals surface area contributed by atoms with Crippen LogP contribution in [0.4, 0.5) is 0 Å². The van der Waals surface area contributed by atoms with E-state index in [1.54, 1.807) is 11.3 Å². The summed E-state index contributed by atoms with van der Waals surface area (Å²) in [5.41, 5.74) is 3.89. The molecule has 4 nitrogen and oxygen atoms in total. The monoisotopic (exact) mass is 345 g/mol. The molecule has 0 radical (unpaired) electrons. The van der Waals surface area contributed by atoms with Crippen LogP contribution in [-0.2, 0) is 19.6 Å². The number of rotatable bonds is 6. The Morgan fingerprint density at radius 1 is 1.17 bits per heavy atom. The molecule has 1 saturated heterocycles. The van der Waals surface area contributed by atoms with Gasteiger partial charge in [-0.25, -0.2) is 4.98 Å². The summed E-state index contributed by atoms with van der Waals surface area (Å²) < 4.78 is 0. The Hall–Kier alpha value is -1.27. The molecule has 0 saturated carbocycles. The molecule has 0 unspecified atom stereocenters. The van der Waals surface area contributed by atoms with E-state index in [2.05, 4.69) is 53.3 Å². The number of benzene rings is 1. The molecule has 2 heterocycles. The number of likely N-dealkylation sites (tertiary alicyclic amines) is 1. The highest BCUT2D eigenvalue weighted by atomic mass is 32.1. The summed E-state index contributed by atoms with van der Waals surface area (Å²) in [7, 11) is 0. The molecule has 24 heavy (non-hydrogen) atoms. The van der Waals surface area contributed by atoms with Crippen molar-refractivity contribution in [3.8, 4) is 0 Å². The second kappa shape index (κ2) is 8.21. The van der Waals surface area contributed by atoms with E-state index in [4.69, 9.17) is 0 Å². The van der Waals surface area contributed by atoms with Gasteiger partial charge in [0.25, 0.3) is 0 Å². The third kappa shape index (κ3) is 4.63. The molecule has 1 aliphatic rings. The lowest BCUT2D eigenvalue weighted by Gasteiger charge is -2.30. The van der Waals surface area contributed by atoms with Crippen molar-refractivity contribution in [2.45, 2.75) is 52.4 Å². The average Bonchev–Trinajstić information content (AvgIpc) is 2.89. The first-order valence-electron chi connectivity index (χ1n) is 8.72. The highest BCUT2D eigenvalue weighted by Crippen LogP contribution is 2.18. The Labute approximate surface area is 148 Å². The number of thiazole rings is 1. The first-order chi connectivity index (χ1) is 11.6. The third-order valence-corrected chi connectivity index (χ3v) is 5.74. The number of hydrogen-bond donors (Lipinski definition) is 2. The van der Waals surface area contributed by atoms with Gasteiger partial charge >= 0.3 is 0 Å². The minimum atomic E-state index is -0.107. The zero-order valence-corrected chi connectivity index (χ0v) is 15.4. The molecule has 1 aromatic carbocycles. The highest BCUT2D eigenvalue weighted by molar-refractivity contribution is 7.11. The maximum absolute atomic E-state index is 9.66. The Morgan fingerprint density at radius 2 is 1.88 bits per heavy atom. The van der Waals surface area contributed by atoms with Gasteiger partial charge in [-0.15, -0.1) is 11.3 Å². The van der Waals surface area contributed by atoms with Gasteiger partial charge < -0.3 is 10.4 Å². The number of aryl methyl sites for hydroxylation is 2. The molecule has 2 aromatic rings. The van der Waals surface area contributed by atoms with Crippen LogP contribution in [0.1, 0.15) is 39.5 Å². The van der Waals surface area contributed by atoms with E-state index in [0.717, 1.165) is 56.3 Å². The molecule has 0 aliphatic carbocycles. The van der Waals surface area contributed by atoms with E-state index in [-0.39, 0.29) is 6.10 Å². The molecule has 5 heteroatoms. The van der Waals surface area contributed by atoms with Crippen LogP contribution < -0.4 is 5.32 Å². The summed E-state index contributed by atoms with van der Waals surface area (Å²) in [4.78, 5) is 8.26. The second-order valence-electron chi connectivity index (χ2n) is 6.62. The lowest BCUT2D eigenvalue weighted by Crippen LogP contribution is -2.35. The highest BCUT2D eigenvalue weighted by Gasteiger charge is 2.17. The van der Waals surface area contributed by atoms with Crippen molar-refractivity contribution in [2.24, 2.45) is 0 Å². The minimum absolute atomic E-state index is 0.107. The summed E-state index contributed by atoms with van der Waals surface area (Å²) in [5.74, 6) is 0. The fourth-order valence-corrected chi connectivity index (χ4v) is 4.16. The Bertz CT molecular complexity index is 662. The Morgan fingerprint density at radius 3 is 2.54 bits per heavy atom. The standard InChI is InChI=1S/C19H27N3OS/c1-14-19(24-15(2)21-14)12-20-11-16-5-3-4-6-17(16)13-22-9-7-18(23)8-10-22/h3-6,18,20,23H,7-13H2,1-2H3. The Kier molecular flexibility index (Phi) is 6.00. The molecular weight excluding hydrogens is 318 g/mol. The fraction of sp³-hybridized carbons (Fsp3) is 0.526. The molecule has 0 bridgehead atoms. The van der Waals surface area contributed by atoms with Crippen LogP contribution >= 0.6 is 11.3 Å². The molecule has 2 N–H and O–H groups in total. The van der Waals surface area contributed by atoms with Crippen LogP contribution in [0.25, 0.3) is 0 Å². The van der Waals surface area contributed by atoms with Crippen molar-refractivity contribution >= 4 is 11.3 Å². The molecular formula is C19H27N3OS. The summed E-state index contributed by atoms with van der Waals surface area (Å²) >= 11 is 1.78. The summed E-state index contributed by atoms with van der Waals surface area (Å²) in [6.45, 7) is 8.85. The van der Waals surface area contributed by atoms with Crippen molar-refractivity contribution in [2.75, 3.05) is 13.1 Å². The molecule has 130 valence electrons. The van der Waals surface area contributed by atoms with E-state index in [1.807, 2.05) is 0 Å². The van der Waals surface area contributed by atoms with E-state index in [0.29, 0.717) is 0 Å². The average molecular weight is 346 g/mol. The van der Waals surface area contributed by atoms with Crippen LogP contribution in [0.15, 0.2) is 24.3 Å². The van der Waals surface area contributed by atoms with Crippen LogP contribution in [0.2, 0.25) is 0 Å². The quantitative estimate of drug-likeness (QED) is 0.845. The lowest BCUT2D eigenvalue weighted by molar-refractivity contribution is 0.0791. The fourth-order valence-electron chi connectivity index (χ4n) is 3.25. The normalized spacial score (nSPS) is 16.6. The van der Waals surface area contributed by atoms with Crippen molar-refractivity contribution in [3.05, 3.63) is 51.0 Å².